The van der Waals surface area contributed by atoms with Gasteiger partial charge in [0, 0.05) is 31.4 Å². The summed E-state index contributed by atoms with van der Waals surface area (Å²) in [5, 5.41) is 2.91. The highest BCUT2D eigenvalue weighted by molar-refractivity contribution is 5.79. The third-order valence-corrected chi connectivity index (χ3v) is 2.75. The van der Waals surface area contributed by atoms with Gasteiger partial charge in [-0.15, -0.1) is 0 Å². The molecule has 4 N–H and O–H groups in total. The van der Waals surface area contributed by atoms with Crippen molar-refractivity contribution in [3.63, 3.8) is 0 Å². The van der Waals surface area contributed by atoms with Crippen LogP contribution in [0.4, 0.5) is 0 Å². The molecule has 1 heterocycles. The van der Waals surface area contributed by atoms with E-state index in [4.69, 9.17) is 5.73 Å². The van der Waals surface area contributed by atoms with Crippen LogP contribution in [0.1, 0.15) is 19.5 Å². The van der Waals surface area contributed by atoms with Crippen molar-refractivity contribution in [3.8, 4) is 0 Å². The fourth-order valence-electron chi connectivity index (χ4n) is 1.66. The van der Waals surface area contributed by atoms with E-state index in [-0.39, 0.29) is 17.7 Å². The largest absolute Gasteiger partial charge is 0.365 e. The highest BCUT2D eigenvalue weighted by Gasteiger charge is 2.19. The van der Waals surface area contributed by atoms with Crippen LogP contribution in [-0.4, -0.2) is 24.0 Å². The Morgan fingerprint density at radius 1 is 1.56 bits per heavy atom. The minimum absolute atomic E-state index is 0.0593. The van der Waals surface area contributed by atoms with Crippen LogP contribution in [0.3, 0.4) is 0 Å². The summed E-state index contributed by atoms with van der Waals surface area (Å²) in [6, 6.07) is 3.96. The minimum Gasteiger partial charge on any atom is -0.365 e. The maximum atomic E-state index is 11.7. The Labute approximate surface area is 96.6 Å². The van der Waals surface area contributed by atoms with Crippen LogP contribution in [0.15, 0.2) is 18.3 Å². The Balaban J connectivity index is 2.29. The number of nitrogens with two attached hydrogens (primary N) is 1. The van der Waals surface area contributed by atoms with Gasteiger partial charge in [-0.05, 0) is 18.1 Å². The molecule has 0 aliphatic carbocycles. The molecule has 90 valence electrons. The molecule has 1 amide bonds. The normalized spacial score (nSPS) is 12.8. The van der Waals surface area contributed by atoms with Gasteiger partial charge < -0.3 is 16.0 Å². The molecule has 1 aromatic heterocycles. The summed E-state index contributed by atoms with van der Waals surface area (Å²) in [5.74, 6) is 0.267. The van der Waals surface area contributed by atoms with Gasteiger partial charge in [0.1, 0.15) is 0 Å². The fraction of sp³-hybridized carbons (Fsp3) is 0.583. The number of aromatic amines is 1. The van der Waals surface area contributed by atoms with Gasteiger partial charge in [0.05, 0.1) is 5.92 Å². The van der Waals surface area contributed by atoms with Crippen molar-refractivity contribution < 1.29 is 4.79 Å². The summed E-state index contributed by atoms with van der Waals surface area (Å²) in [7, 11) is 0. The highest BCUT2D eigenvalue weighted by atomic mass is 16.1. The molecule has 0 radical (unpaired) electrons. The molecule has 0 spiro atoms. The first-order valence-electron chi connectivity index (χ1n) is 5.75. The number of hydrogen-bond acceptors (Lipinski definition) is 2. The fourth-order valence-corrected chi connectivity index (χ4v) is 1.66. The van der Waals surface area contributed by atoms with Crippen molar-refractivity contribution in [2.24, 2.45) is 17.6 Å². The summed E-state index contributed by atoms with van der Waals surface area (Å²) in [6.07, 6.45) is 2.71. The number of amides is 1. The number of rotatable bonds is 6. The SMILES string of the molecule is CC(C)C(CN)C(=O)NCCc1ccc[nH]1. The lowest BCUT2D eigenvalue weighted by Gasteiger charge is -2.17. The Morgan fingerprint density at radius 3 is 2.81 bits per heavy atom. The van der Waals surface area contributed by atoms with E-state index in [1.807, 2.05) is 32.2 Å². The summed E-state index contributed by atoms with van der Waals surface area (Å²) >= 11 is 0. The molecule has 0 bridgehead atoms. The van der Waals surface area contributed by atoms with E-state index in [0.29, 0.717) is 13.1 Å². The van der Waals surface area contributed by atoms with E-state index in [9.17, 15) is 4.79 Å². The monoisotopic (exact) mass is 223 g/mol. The zero-order valence-electron chi connectivity index (χ0n) is 9.99. The van der Waals surface area contributed by atoms with Gasteiger partial charge in [-0.2, -0.15) is 0 Å². The summed E-state index contributed by atoms with van der Waals surface area (Å²) in [5.41, 5.74) is 6.71. The van der Waals surface area contributed by atoms with Crippen LogP contribution in [0.2, 0.25) is 0 Å². The molecule has 1 rings (SSSR count). The molecule has 16 heavy (non-hydrogen) atoms. The molecule has 1 atom stereocenters. The van der Waals surface area contributed by atoms with E-state index < -0.39 is 0 Å². The first-order valence-corrected chi connectivity index (χ1v) is 5.75. The van der Waals surface area contributed by atoms with Gasteiger partial charge in [0.15, 0.2) is 0 Å². The van der Waals surface area contributed by atoms with Gasteiger partial charge >= 0.3 is 0 Å². The molecule has 0 aliphatic heterocycles. The average Bonchev–Trinajstić information content (AvgIpc) is 2.71. The minimum atomic E-state index is -0.0800. The van der Waals surface area contributed by atoms with Crippen LogP contribution in [0, 0.1) is 11.8 Å². The van der Waals surface area contributed by atoms with Crippen molar-refractivity contribution in [2.45, 2.75) is 20.3 Å². The second kappa shape index (κ2) is 6.33. The Kier molecular flexibility index (Phi) is 5.05. The number of aromatic nitrogens is 1. The van der Waals surface area contributed by atoms with Crippen LogP contribution in [0.25, 0.3) is 0 Å². The first kappa shape index (κ1) is 12.8. The third kappa shape index (κ3) is 3.70. The molecular weight excluding hydrogens is 202 g/mol. The molecule has 0 saturated heterocycles. The zero-order chi connectivity index (χ0) is 12.0. The van der Waals surface area contributed by atoms with Crippen LogP contribution >= 0.6 is 0 Å². The number of hydrogen-bond donors (Lipinski definition) is 3. The number of carbonyl (C=O) groups excluding carboxylic acids is 1. The van der Waals surface area contributed by atoms with E-state index in [1.54, 1.807) is 0 Å². The van der Waals surface area contributed by atoms with Crippen molar-refractivity contribution in [1.82, 2.24) is 10.3 Å². The van der Waals surface area contributed by atoms with Gasteiger partial charge in [-0.1, -0.05) is 13.8 Å². The average molecular weight is 223 g/mol. The summed E-state index contributed by atoms with van der Waals surface area (Å²) in [4.78, 5) is 14.8. The van der Waals surface area contributed by atoms with Crippen LogP contribution < -0.4 is 11.1 Å². The Morgan fingerprint density at radius 2 is 2.31 bits per heavy atom. The molecule has 1 unspecified atom stereocenters. The van der Waals surface area contributed by atoms with Crippen molar-refractivity contribution in [3.05, 3.63) is 24.0 Å². The lowest BCUT2D eigenvalue weighted by atomic mass is 9.95. The Bertz CT molecular complexity index is 306. The predicted octanol–water partition coefficient (Wildman–Crippen LogP) is 0.904. The lowest BCUT2D eigenvalue weighted by Crippen LogP contribution is -2.38. The number of H-pyrrole nitrogens is 1. The predicted molar refractivity (Wildman–Crippen MR) is 64.9 cm³/mol. The van der Waals surface area contributed by atoms with Crippen LogP contribution in [-0.2, 0) is 11.2 Å². The van der Waals surface area contributed by atoms with Gasteiger partial charge in [-0.25, -0.2) is 0 Å². The molecule has 0 saturated carbocycles. The van der Waals surface area contributed by atoms with E-state index in [2.05, 4.69) is 10.3 Å². The topological polar surface area (TPSA) is 70.9 Å². The number of nitrogens with one attached hydrogen (secondary N) is 2. The van der Waals surface area contributed by atoms with Gasteiger partial charge in [0.25, 0.3) is 0 Å². The molecule has 0 aliphatic rings. The van der Waals surface area contributed by atoms with Gasteiger partial charge in [0.2, 0.25) is 5.91 Å². The third-order valence-electron chi connectivity index (χ3n) is 2.75. The maximum Gasteiger partial charge on any atom is 0.224 e. The van der Waals surface area contributed by atoms with Crippen LogP contribution in [0.5, 0.6) is 0 Å². The lowest BCUT2D eigenvalue weighted by molar-refractivity contribution is -0.125. The highest BCUT2D eigenvalue weighted by Crippen LogP contribution is 2.08. The maximum absolute atomic E-state index is 11.7. The first-order chi connectivity index (χ1) is 7.65. The van der Waals surface area contributed by atoms with E-state index in [0.717, 1.165) is 12.1 Å². The number of carbonyl (C=O) groups is 1. The van der Waals surface area contributed by atoms with Crippen molar-refractivity contribution in [1.29, 1.82) is 0 Å². The standard InChI is InChI=1S/C12H21N3O/c1-9(2)11(8-13)12(16)15-7-5-10-4-3-6-14-10/h3-4,6,9,11,14H,5,7-8,13H2,1-2H3,(H,15,16). The van der Waals surface area contributed by atoms with Gasteiger partial charge in [-0.3, -0.25) is 4.79 Å². The van der Waals surface area contributed by atoms with Crippen molar-refractivity contribution in [2.75, 3.05) is 13.1 Å². The molecule has 0 fully saturated rings. The molecule has 1 aromatic rings. The van der Waals surface area contributed by atoms with Crippen molar-refractivity contribution >= 4 is 5.91 Å². The molecular formula is C12H21N3O. The van der Waals surface area contributed by atoms with E-state index >= 15 is 0 Å². The smallest absolute Gasteiger partial charge is 0.224 e. The molecule has 4 nitrogen and oxygen atoms in total. The second-order valence-corrected chi connectivity index (χ2v) is 4.32. The Hall–Kier alpha value is -1.29. The molecule has 0 aromatic carbocycles. The van der Waals surface area contributed by atoms with E-state index in [1.165, 1.54) is 0 Å². The molecule has 4 heteroatoms. The summed E-state index contributed by atoms with van der Waals surface area (Å²) in [6.45, 7) is 5.10. The second-order valence-electron chi connectivity index (χ2n) is 4.32. The quantitative estimate of drug-likeness (QED) is 0.670. The zero-order valence-corrected chi connectivity index (χ0v) is 9.99. The summed E-state index contributed by atoms with van der Waals surface area (Å²) < 4.78 is 0.